The standard InChI is InChI=1S/C26H37ClO2/c27-25-18-16-24(17-19-25)15-14-23-12-10-22(11-13-23)9-8-21-6-4-20(5-7-21)2-1-3-26(28)29/h1-2,16-23H,3-15H2,(H,28,29)/t20-,21-,22-,23-. The maximum atomic E-state index is 10.6. The molecule has 160 valence electrons. The molecule has 0 saturated heterocycles. The van der Waals surface area contributed by atoms with Crippen LogP contribution in [0.5, 0.6) is 0 Å². The molecule has 2 aliphatic carbocycles. The van der Waals surface area contributed by atoms with Crippen molar-refractivity contribution in [3.05, 3.63) is 47.0 Å². The third kappa shape index (κ3) is 8.16. The second kappa shape index (κ2) is 11.8. The lowest BCUT2D eigenvalue weighted by Crippen LogP contribution is -2.18. The molecule has 1 aromatic rings. The van der Waals surface area contributed by atoms with E-state index < -0.39 is 5.97 Å². The van der Waals surface area contributed by atoms with Crippen molar-refractivity contribution in [2.45, 2.75) is 83.5 Å². The molecular weight excluding hydrogens is 380 g/mol. The van der Waals surface area contributed by atoms with Crippen LogP contribution in [-0.2, 0) is 11.2 Å². The highest BCUT2D eigenvalue weighted by Crippen LogP contribution is 2.38. The van der Waals surface area contributed by atoms with E-state index in [0.717, 1.165) is 22.8 Å². The van der Waals surface area contributed by atoms with Crippen LogP contribution in [0.3, 0.4) is 0 Å². The lowest BCUT2D eigenvalue weighted by Gasteiger charge is -2.31. The van der Waals surface area contributed by atoms with E-state index in [0.29, 0.717) is 5.92 Å². The Labute approximate surface area is 181 Å². The molecule has 29 heavy (non-hydrogen) atoms. The van der Waals surface area contributed by atoms with Gasteiger partial charge < -0.3 is 5.11 Å². The van der Waals surface area contributed by atoms with E-state index in [1.807, 2.05) is 18.2 Å². The van der Waals surface area contributed by atoms with Crippen molar-refractivity contribution in [2.75, 3.05) is 0 Å². The molecule has 0 heterocycles. The molecule has 0 aliphatic heterocycles. The normalized spacial score (nSPS) is 27.9. The van der Waals surface area contributed by atoms with Crippen LogP contribution in [0.4, 0.5) is 0 Å². The molecule has 0 unspecified atom stereocenters. The van der Waals surface area contributed by atoms with Gasteiger partial charge in [0.1, 0.15) is 0 Å². The molecule has 2 saturated carbocycles. The zero-order valence-electron chi connectivity index (χ0n) is 17.7. The number of aryl methyl sites for hydroxylation is 1. The zero-order valence-corrected chi connectivity index (χ0v) is 18.5. The van der Waals surface area contributed by atoms with Crippen molar-refractivity contribution in [3.63, 3.8) is 0 Å². The van der Waals surface area contributed by atoms with Crippen LogP contribution in [0.2, 0.25) is 5.02 Å². The molecule has 2 fully saturated rings. The summed E-state index contributed by atoms with van der Waals surface area (Å²) in [5.41, 5.74) is 1.42. The number of aliphatic carboxylic acids is 1. The topological polar surface area (TPSA) is 37.3 Å². The summed E-state index contributed by atoms with van der Waals surface area (Å²) in [7, 11) is 0. The van der Waals surface area contributed by atoms with E-state index in [-0.39, 0.29) is 6.42 Å². The van der Waals surface area contributed by atoms with Gasteiger partial charge in [0.05, 0.1) is 6.42 Å². The number of hydrogen-bond acceptors (Lipinski definition) is 1. The molecular formula is C26H37ClO2. The summed E-state index contributed by atoms with van der Waals surface area (Å²) in [5.74, 6) is 2.66. The molecule has 0 amide bonds. The van der Waals surface area contributed by atoms with Crippen molar-refractivity contribution >= 4 is 17.6 Å². The highest BCUT2D eigenvalue weighted by atomic mass is 35.5. The molecule has 1 aromatic carbocycles. The summed E-state index contributed by atoms with van der Waals surface area (Å²) in [5, 5.41) is 9.56. The number of carboxylic acid groups (broad SMARTS) is 1. The van der Waals surface area contributed by atoms with Gasteiger partial charge in [-0.2, -0.15) is 0 Å². The second-order valence-corrected chi connectivity index (χ2v) is 9.87. The summed E-state index contributed by atoms with van der Waals surface area (Å²) in [4.78, 5) is 10.6. The summed E-state index contributed by atoms with van der Waals surface area (Å²) in [6.45, 7) is 0. The first-order valence-corrected chi connectivity index (χ1v) is 12.1. The van der Waals surface area contributed by atoms with Crippen molar-refractivity contribution in [1.29, 1.82) is 0 Å². The van der Waals surface area contributed by atoms with Gasteiger partial charge in [-0.1, -0.05) is 74.4 Å². The molecule has 2 aliphatic rings. The number of hydrogen-bond donors (Lipinski definition) is 1. The summed E-state index contributed by atoms with van der Waals surface area (Å²) in [6, 6.07) is 8.36. The minimum atomic E-state index is -0.727. The third-order valence-electron chi connectivity index (χ3n) is 7.30. The number of allylic oxidation sites excluding steroid dienone is 1. The highest BCUT2D eigenvalue weighted by Gasteiger charge is 2.24. The van der Waals surface area contributed by atoms with Gasteiger partial charge in [0, 0.05) is 5.02 Å². The fourth-order valence-electron chi connectivity index (χ4n) is 5.33. The van der Waals surface area contributed by atoms with E-state index in [1.165, 1.54) is 82.6 Å². The fourth-order valence-corrected chi connectivity index (χ4v) is 5.46. The monoisotopic (exact) mass is 416 g/mol. The van der Waals surface area contributed by atoms with E-state index in [2.05, 4.69) is 18.2 Å². The minimum absolute atomic E-state index is 0.169. The van der Waals surface area contributed by atoms with Crippen molar-refractivity contribution in [2.24, 2.45) is 23.7 Å². The Bertz CT molecular complexity index is 635. The maximum absolute atomic E-state index is 10.6. The first-order valence-electron chi connectivity index (χ1n) is 11.7. The average Bonchev–Trinajstić information content (AvgIpc) is 2.73. The molecule has 3 rings (SSSR count). The number of benzene rings is 1. The van der Waals surface area contributed by atoms with Crippen LogP contribution in [0, 0.1) is 23.7 Å². The van der Waals surface area contributed by atoms with Gasteiger partial charge in [0.2, 0.25) is 0 Å². The summed E-state index contributed by atoms with van der Waals surface area (Å²) < 4.78 is 0. The molecule has 0 spiro atoms. The van der Waals surface area contributed by atoms with Crippen LogP contribution in [0.15, 0.2) is 36.4 Å². The van der Waals surface area contributed by atoms with Gasteiger partial charge in [-0.3, -0.25) is 4.79 Å². The molecule has 0 atom stereocenters. The van der Waals surface area contributed by atoms with E-state index in [1.54, 1.807) is 0 Å². The lowest BCUT2D eigenvalue weighted by atomic mass is 9.74. The lowest BCUT2D eigenvalue weighted by molar-refractivity contribution is -0.136. The Kier molecular flexibility index (Phi) is 9.11. The van der Waals surface area contributed by atoms with Crippen LogP contribution >= 0.6 is 11.6 Å². The molecule has 1 N–H and O–H groups in total. The first-order chi connectivity index (χ1) is 14.1. The Morgan fingerprint density at radius 2 is 1.38 bits per heavy atom. The van der Waals surface area contributed by atoms with Crippen LogP contribution in [0.1, 0.15) is 82.6 Å². The Morgan fingerprint density at radius 3 is 1.93 bits per heavy atom. The van der Waals surface area contributed by atoms with Gasteiger partial charge in [-0.05, 0) is 79.9 Å². The fraction of sp³-hybridized carbons (Fsp3) is 0.654. The van der Waals surface area contributed by atoms with Crippen LogP contribution in [-0.4, -0.2) is 11.1 Å². The van der Waals surface area contributed by atoms with E-state index in [4.69, 9.17) is 16.7 Å². The van der Waals surface area contributed by atoms with Gasteiger partial charge in [0.25, 0.3) is 0 Å². The largest absolute Gasteiger partial charge is 0.481 e. The number of carboxylic acids is 1. The summed E-state index contributed by atoms with van der Waals surface area (Å²) in [6.07, 6.45) is 20.4. The van der Waals surface area contributed by atoms with E-state index in [9.17, 15) is 4.79 Å². The van der Waals surface area contributed by atoms with Crippen molar-refractivity contribution in [3.8, 4) is 0 Å². The second-order valence-electron chi connectivity index (χ2n) is 9.44. The van der Waals surface area contributed by atoms with Gasteiger partial charge in [0.15, 0.2) is 0 Å². The van der Waals surface area contributed by atoms with Gasteiger partial charge in [-0.15, -0.1) is 0 Å². The van der Waals surface area contributed by atoms with Gasteiger partial charge in [-0.25, -0.2) is 0 Å². The SMILES string of the molecule is O=C(O)CC=C[C@H]1CC[C@H](CC[C@H]2CC[C@H](CCc3ccc(Cl)cc3)CC2)CC1. The predicted molar refractivity (Wildman–Crippen MR) is 121 cm³/mol. The maximum Gasteiger partial charge on any atom is 0.307 e. The number of halogens is 1. The van der Waals surface area contributed by atoms with Crippen molar-refractivity contribution < 1.29 is 9.90 Å². The van der Waals surface area contributed by atoms with Crippen molar-refractivity contribution in [1.82, 2.24) is 0 Å². The molecule has 0 aromatic heterocycles. The zero-order chi connectivity index (χ0) is 20.5. The Hall–Kier alpha value is -1.28. The number of carbonyl (C=O) groups is 1. The smallest absolute Gasteiger partial charge is 0.307 e. The highest BCUT2D eigenvalue weighted by molar-refractivity contribution is 6.30. The number of rotatable bonds is 9. The minimum Gasteiger partial charge on any atom is -0.481 e. The summed E-state index contributed by atoms with van der Waals surface area (Å²) >= 11 is 5.98. The third-order valence-corrected chi connectivity index (χ3v) is 7.55. The molecule has 0 radical (unpaired) electrons. The van der Waals surface area contributed by atoms with E-state index >= 15 is 0 Å². The molecule has 2 nitrogen and oxygen atoms in total. The quantitative estimate of drug-likeness (QED) is 0.418. The Balaban J connectivity index is 1.26. The van der Waals surface area contributed by atoms with Crippen LogP contribution < -0.4 is 0 Å². The molecule has 0 bridgehead atoms. The Morgan fingerprint density at radius 1 is 0.862 bits per heavy atom. The van der Waals surface area contributed by atoms with Gasteiger partial charge >= 0.3 is 5.97 Å². The molecule has 3 heteroatoms. The average molecular weight is 417 g/mol. The first kappa shape index (κ1) is 22.4. The van der Waals surface area contributed by atoms with Crippen LogP contribution in [0.25, 0.3) is 0 Å². The predicted octanol–water partition coefficient (Wildman–Crippen LogP) is 7.70.